The Labute approximate surface area is 98.3 Å². The highest BCUT2D eigenvalue weighted by atomic mass is 32.2. The predicted molar refractivity (Wildman–Crippen MR) is 63.9 cm³/mol. The van der Waals surface area contributed by atoms with Crippen LogP contribution in [0.4, 0.5) is 0 Å². The van der Waals surface area contributed by atoms with Crippen molar-refractivity contribution in [3.63, 3.8) is 0 Å². The van der Waals surface area contributed by atoms with Crippen LogP contribution in [0, 0.1) is 29.1 Å². The molecule has 0 saturated heterocycles. The van der Waals surface area contributed by atoms with Gasteiger partial charge in [0.2, 0.25) is 10.0 Å². The van der Waals surface area contributed by atoms with Gasteiger partial charge in [-0.2, -0.15) is 9.57 Å². The minimum absolute atomic E-state index is 0.0891. The molecule has 0 N–H and O–H groups in total. The molecule has 0 unspecified atom stereocenters. The molecule has 0 atom stereocenters. The number of terminal acetylenes is 1. The molecular formula is C11H18N2O2S. The average molecular weight is 242 g/mol. The summed E-state index contributed by atoms with van der Waals surface area (Å²) in [6, 6.07) is 2.18. The van der Waals surface area contributed by atoms with Crippen LogP contribution < -0.4 is 0 Å². The zero-order valence-corrected chi connectivity index (χ0v) is 10.8. The van der Waals surface area contributed by atoms with Gasteiger partial charge in [-0.3, -0.25) is 0 Å². The summed E-state index contributed by atoms with van der Waals surface area (Å²) in [4.78, 5) is 0. The van der Waals surface area contributed by atoms with Crippen LogP contribution in [0.1, 0.15) is 26.7 Å². The minimum atomic E-state index is -3.24. The number of sulfonamides is 1. The topological polar surface area (TPSA) is 61.2 Å². The molecule has 0 amide bonds. The second-order valence-electron chi connectivity index (χ2n) is 4.40. The minimum Gasteiger partial charge on any atom is -0.212 e. The van der Waals surface area contributed by atoms with Gasteiger partial charge in [-0.15, -0.1) is 6.42 Å². The van der Waals surface area contributed by atoms with Crippen molar-refractivity contribution in [3.8, 4) is 18.4 Å². The van der Waals surface area contributed by atoms with Crippen molar-refractivity contribution in [2.24, 2.45) is 5.41 Å². The Kier molecular flexibility index (Phi) is 5.50. The van der Waals surface area contributed by atoms with Crippen LogP contribution in [0.3, 0.4) is 0 Å². The van der Waals surface area contributed by atoms with Crippen molar-refractivity contribution in [1.82, 2.24) is 4.31 Å². The van der Waals surface area contributed by atoms with Gasteiger partial charge in [0, 0.05) is 6.54 Å². The molecule has 0 aromatic carbocycles. The highest BCUT2D eigenvalue weighted by molar-refractivity contribution is 7.88. The standard InChI is InChI=1S/C11H18N2O2S/c1-5-8-13(16(4,14)15)9-6-7-11(2,3)10-12/h1H,6-9H2,2-4H3. The van der Waals surface area contributed by atoms with E-state index in [1.165, 1.54) is 4.31 Å². The molecule has 0 bridgehead atoms. The van der Waals surface area contributed by atoms with E-state index < -0.39 is 15.4 Å². The quantitative estimate of drug-likeness (QED) is 0.658. The van der Waals surface area contributed by atoms with Gasteiger partial charge in [0.25, 0.3) is 0 Å². The van der Waals surface area contributed by atoms with Crippen molar-refractivity contribution in [3.05, 3.63) is 0 Å². The molecule has 5 heteroatoms. The summed E-state index contributed by atoms with van der Waals surface area (Å²) >= 11 is 0. The maximum Gasteiger partial charge on any atom is 0.212 e. The monoisotopic (exact) mass is 242 g/mol. The zero-order valence-electron chi connectivity index (χ0n) is 10.0. The summed E-state index contributed by atoms with van der Waals surface area (Å²) in [6.45, 7) is 4.12. The van der Waals surface area contributed by atoms with Crippen LogP contribution in [-0.2, 0) is 10.0 Å². The zero-order chi connectivity index (χ0) is 12.8. The van der Waals surface area contributed by atoms with Gasteiger partial charge in [0.15, 0.2) is 0 Å². The normalized spacial score (nSPS) is 12.1. The fraction of sp³-hybridized carbons (Fsp3) is 0.727. The number of rotatable bonds is 6. The maximum atomic E-state index is 11.3. The molecule has 16 heavy (non-hydrogen) atoms. The first-order valence-corrected chi connectivity index (χ1v) is 6.87. The summed E-state index contributed by atoms with van der Waals surface area (Å²) < 4.78 is 23.9. The van der Waals surface area contributed by atoms with Crippen LogP contribution in [0.15, 0.2) is 0 Å². The summed E-state index contributed by atoms with van der Waals surface area (Å²) in [5, 5.41) is 8.81. The van der Waals surface area contributed by atoms with Crippen molar-refractivity contribution in [1.29, 1.82) is 5.26 Å². The first-order chi connectivity index (χ1) is 7.23. The molecule has 0 aromatic rings. The van der Waals surface area contributed by atoms with Crippen molar-refractivity contribution in [2.75, 3.05) is 19.3 Å². The Morgan fingerprint density at radius 3 is 2.38 bits per heavy atom. The molecule has 0 rings (SSSR count). The molecule has 0 fully saturated rings. The lowest BCUT2D eigenvalue weighted by Crippen LogP contribution is -2.31. The summed E-state index contributed by atoms with van der Waals surface area (Å²) in [5.41, 5.74) is -0.417. The maximum absolute atomic E-state index is 11.3. The van der Waals surface area contributed by atoms with E-state index in [1.54, 1.807) is 0 Å². The summed E-state index contributed by atoms with van der Waals surface area (Å²) in [7, 11) is -3.24. The smallest absolute Gasteiger partial charge is 0.212 e. The van der Waals surface area contributed by atoms with E-state index in [1.807, 2.05) is 13.8 Å². The molecule has 0 radical (unpaired) electrons. The SMILES string of the molecule is C#CCN(CCCC(C)(C)C#N)S(C)(=O)=O. The fourth-order valence-corrected chi connectivity index (χ4v) is 1.99. The summed E-state index contributed by atoms with van der Waals surface area (Å²) in [6.07, 6.45) is 7.53. The highest BCUT2D eigenvalue weighted by Gasteiger charge is 2.19. The van der Waals surface area contributed by atoms with E-state index in [2.05, 4.69) is 12.0 Å². The lowest BCUT2D eigenvalue weighted by molar-refractivity contribution is 0.380. The molecule has 0 aliphatic heterocycles. The lowest BCUT2D eigenvalue weighted by atomic mass is 9.90. The van der Waals surface area contributed by atoms with Crippen LogP contribution in [0.25, 0.3) is 0 Å². The van der Waals surface area contributed by atoms with E-state index in [-0.39, 0.29) is 6.54 Å². The van der Waals surface area contributed by atoms with Crippen molar-refractivity contribution in [2.45, 2.75) is 26.7 Å². The third-order valence-corrected chi connectivity index (χ3v) is 3.50. The molecule has 0 aliphatic rings. The second kappa shape index (κ2) is 5.89. The molecular weight excluding hydrogens is 224 g/mol. The van der Waals surface area contributed by atoms with E-state index in [0.717, 1.165) is 6.26 Å². The van der Waals surface area contributed by atoms with Crippen LogP contribution in [0.5, 0.6) is 0 Å². The second-order valence-corrected chi connectivity index (χ2v) is 6.38. The molecule has 0 aromatic heterocycles. The Morgan fingerprint density at radius 1 is 1.44 bits per heavy atom. The third-order valence-electron chi connectivity index (χ3n) is 2.25. The number of hydrogen-bond donors (Lipinski definition) is 0. The van der Waals surface area contributed by atoms with Gasteiger partial charge in [-0.05, 0) is 26.7 Å². The van der Waals surface area contributed by atoms with Crippen LogP contribution in [0.2, 0.25) is 0 Å². The predicted octanol–water partition coefficient (Wildman–Crippen LogP) is 1.21. The number of nitriles is 1. The molecule has 0 saturated carbocycles. The van der Waals surface area contributed by atoms with E-state index in [0.29, 0.717) is 19.4 Å². The van der Waals surface area contributed by atoms with Crippen molar-refractivity contribution < 1.29 is 8.42 Å². The average Bonchev–Trinajstić information content (AvgIpc) is 2.15. The summed E-state index contributed by atoms with van der Waals surface area (Å²) in [5.74, 6) is 2.32. The van der Waals surface area contributed by atoms with Crippen LogP contribution in [-0.4, -0.2) is 32.1 Å². The van der Waals surface area contributed by atoms with Crippen molar-refractivity contribution >= 4 is 10.0 Å². The van der Waals surface area contributed by atoms with E-state index in [9.17, 15) is 8.42 Å². The van der Waals surface area contributed by atoms with Gasteiger partial charge in [0.05, 0.1) is 24.3 Å². The highest BCUT2D eigenvalue weighted by Crippen LogP contribution is 2.20. The van der Waals surface area contributed by atoms with Gasteiger partial charge in [-0.25, -0.2) is 8.42 Å². The Balaban J connectivity index is 4.28. The number of nitrogens with zero attached hydrogens (tertiary/aromatic N) is 2. The van der Waals surface area contributed by atoms with Gasteiger partial charge in [0.1, 0.15) is 0 Å². The molecule has 0 heterocycles. The first kappa shape index (κ1) is 15.0. The van der Waals surface area contributed by atoms with Gasteiger partial charge in [-0.1, -0.05) is 5.92 Å². The lowest BCUT2D eigenvalue weighted by Gasteiger charge is -2.20. The molecule has 0 aliphatic carbocycles. The molecule has 0 spiro atoms. The first-order valence-electron chi connectivity index (χ1n) is 5.03. The Bertz CT molecular complexity index is 399. The molecule has 4 nitrogen and oxygen atoms in total. The third kappa shape index (κ3) is 5.75. The molecule has 90 valence electrons. The largest absolute Gasteiger partial charge is 0.212 e. The Morgan fingerprint density at radius 2 is 2.00 bits per heavy atom. The fourth-order valence-electron chi connectivity index (χ4n) is 1.22. The number of hydrogen-bond acceptors (Lipinski definition) is 3. The van der Waals surface area contributed by atoms with Crippen LogP contribution >= 0.6 is 0 Å². The van der Waals surface area contributed by atoms with Gasteiger partial charge < -0.3 is 0 Å². The van der Waals surface area contributed by atoms with E-state index in [4.69, 9.17) is 11.7 Å². The van der Waals surface area contributed by atoms with E-state index >= 15 is 0 Å². The Hall–Kier alpha value is -1.04. The van der Waals surface area contributed by atoms with Gasteiger partial charge >= 0.3 is 0 Å².